The average Bonchev–Trinajstić information content (AvgIpc) is 2.93. The first-order valence-electron chi connectivity index (χ1n) is 9.73. The molecule has 6 atom stereocenters. The van der Waals surface area contributed by atoms with Crippen LogP contribution in [0.5, 0.6) is 0 Å². The van der Waals surface area contributed by atoms with Gasteiger partial charge in [-0.15, -0.1) is 0 Å². The predicted molar refractivity (Wildman–Crippen MR) is 94.9 cm³/mol. The summed E-state index contributed by atoms with van der Waals surface area (Å²) in [5.41, 5.74) is 0.765. The number of rotatable bonds is 2. The lowest BCUT2D eigenvalue weighted by Crippen LogP contribution is -2.55. The van der Waals surface area contributed by atoms with Crippen molar-refractivity contribution in [2.24, 2.45) is 34.5 Å². The summed E-state index contributed by atoms with van der Waals surface area (Å²) in [7, 11) is 0. The summed E-state index contributed by atoms with van der Waals surface area (Å²) in [5, 5.41) is 29.8. The Balaban J connectivity index is 1.67. The smallest absolute Gasteiger partial charge is 0.364 e. The van der Waals surface area contributed by atoms with Crippen molar-refractivity contribution in [1.29, 1.82) is 0 Å². The topological polar surface area (TPSA) is 94.8 Å². The largest absolute Gasteiger partial charge is 0.477 e. The SMILES string of the molecule is C[C@]12CC[C@H]3[C@@H](CCC4=CC(=O)C=C[C@@]43C)[C@@H]1CC[C@@H]2C(O)(O)C(=O)O. The predicted octanol–water partition coefficient (Wildman–Crippen LogP) is 2.68. The summed E-state index contributed by atoms with van der Waals surface area (Å²) in [6.07, 6.45) is 10.6. The van der Waals surface area contributed by atoms with Gasteiger partial charge in [-0.3, -0.25) is 4.79 Å². The number of carbonyl (C=O) groups excluding carboxylic acids is 1. The van der Waals surface area contributed by atoms with Crippen LogP contribution < -0.4 is 0 Å². The van der Waals surface area contributed by atoms with Crippen LogP contribution in [0.25, 0.3) is 0 Å². The van der Waals surface area contributed by atoms with Gasteiger partial charge in [-0.05, 0) is 73.8 Å². The normalized spacial score (nSPS) is 44.8. The lowest BCUT2D eigenvalue weighted by molar-refractivity contribution is -0.240. The summed E-state index contributed by atoms with van der Waals surface area (Å²) in [5.74, 6) is -3.59. The van der Waals surface area contributed by atoms with Gasteiger partial charge in [0, 0.05) is 11.3 Å². The minimum Gasteiger partial charge on any atom is -0.477 e. The molecule has 0 amide bonds. The van der Waals surface area contributed by atoms with E-state index in [1.807, 2.05) is 0 Å². The Morgan fingerprint density at radius 2 is 1.88 bits per heavy atom. The Kier molecular flexibility index (Phi) is 3.81. The van der Waals surface area contributed by atoms with Gasteiger partial charge in [0.15, 0.2) is 5.78 Å². The number of carbonyl (C=O) groups is 2. The van der Waals surface area contributed by atoms with Crippen LogP contribution in [0.15, 0.2) is 23.8 Å². The number of hydrogen-bond acceptors (Lipinski definition) is 4. The second kappa shape index (κ2) is 5.52. The highest BCUT2D eigenvalue weighted by atomic mass is 16.5. The fourth-order valence-corrected chi connectivity index (χ4v) is 7.01. The van der Waals surface area contributed by atoms with Crippen molar-refractivity contribution in [3.8, 4) is 0 Å². The van der Waals surface area contributed by atoms with Crippen LogP contribution in [0, 0.1) is 34.5 Å². The van der Waals surface area contributed by atoms with Crippen LogP contribution in [0.2, 0.25) is 0 Å². The molecule has 5 nitrogen and oxygen atoms in total. The summed E-state index contributed by atoms with van der Waals surface area (Å²) in [4.78, 5) is 23.2. The van der Waals surface area contributed by atoms with Gasteiger partial charge in [-0.2, -0.15) is 0 Å². The second-order valence-corrected chi connectivity index (χ2v) is 9.31. The number of fused-ring (bicyclic) bond motifs is 5. The van der Waals surface area contributed by atoms with Gasteiger partial charge in [0.1, 0.15) is 0 Å². The van der Waals surface area contributed by atoms with Gasteiger partial charge in [0.25, 0.3) is 5.79 Å². The van der Waals surface area contributed by atoms with Crippen molar-refractivity contribution in [1.82, 2.24) is 0 Å². The minimum absolute atomic E-state index is 0.0734. The molecule has 0 heterocycles. The molecule has 4 aliphatic carbocycles. The molecule has 0 aromatic heterocycles. The number of carboxylic acids is 1. The van der Waals surface area contributed by atoms with E-state index in [2.05, 4.69) is 19.9 Å². The third-order valence-electron chi connectivity index (χ3n) is 8.36. The van der Waals surface area contributed by atoms with Gasteiger partial charge >= 0.3 is 5.97 Å². The molecular weight excluding hydrogens is 332 g/mol. The highest BCUT2D eigenvalue weighted by Gasteiger charge is 2.63. The molecule has 0 saturated heterocycles. The Hall–Kier alpha value is -1.46. The zero-order valence-corrected chi connectivity index (χ0v) is 15.4. The van der Waals surface area contributed by atoms with E-state index in [0.717, 1.165) is 32.1 Å². The first-order valence-corrected chi connectivity index (χ1v) is 9.73. The van der Waals surface area contributed by atoms with E-state index in [-0.39, 0.29) is 16.6 Å². The molecule has 26 heavy (non-hydrogen) atoms. The Labute approximate surface area is 153 Å². The zero-order chi connectivity index (χ0) is 18.9. The standard InChI is InChI=1S/C21H28O5/c1-19-9-7-13(22)11-12(19)3-4-14-15-5-6-17(21(25,26)18(23)24)20(15,2)10-8-16(14)19/h7,9,11,14-17,25-26H,3-6,8,10H2,1-2H3,(H,23,24)/t14-,15-,16-,17-,19-,20-/m0/s1. The van der Waals surface area contributed by atoms with Crippen molar-refractivity contribution < 1.29 is 24.9 Å². The van der Waals surface area contributed by atoms with Gasteiger partial charge in [-0.1, -0.05) is 25.5 Å². The van der Waals surface area contributed by atoms with Crippen LogP contribution in [0.3, 0.4) is 0 Å². The number of aliphatic carboxylic acids is 1. The van der Waals surface area contributed by atoms with E-state index in [1.54, 1.807) is 12.2 Å². The summed E-state index contributed by atoms with van der Waals surface area (Å²) in [6, 6.07) is 0. The molecule has 5 heteroatoms. The van der Waals surface area contributed by atoms with Gasteiger partial charge in [0.2, 0.25) is 0 Å². The molecule has 142 valence electrons. The fraction of sp³-hybridized carbons (Fsp3) is 0.714. The van der Waals surface area contributed by atoms with Crippen molar-refractivity contribution in [2.75, 3.05) is 0 Å². The molecular formula is C21H28O5. The maximum absolute atomic E-state index is 11.8. The monoisotopic (exact) mass is 360 g/mol. The van der Waals surface area contributed by atoms with E-state index >= 15 is 0 Å². The van der Waals surface area contributed by atoms with Crippen molar-refractivity contribution in [3.63, 3.8) is 0 Å². The van der Waals surface area contributed by atoms with Crippen LogP contribution in [0.1, 0.15) is 52.4 Å². The van der Waals surface area contributed by atoms with Gasteiger partial charge < -0.3 is 15.3 Å². The molecule has 0 radical (unpaired) electrons. The van der Waals surface area contributed by atoms with E-state index in [4.69, 9.17) is 0 Å². The molecule has 4 rings (SSSR count). The number of ketones is 1. The highest BCUT2D eigenvalue weighted by Crippen LogP contribution is 2.67. The maximum Gasteiger partial charge on any atom is 0.364 e. The summed E-state index contributed by atoms with van der Waals surface area (Å²) >= 11 is 0. The van der Waals surface area contributed by atoms with Crippen LogP contribution in [-0.2, 0) is 9.59 Å². The summed E-state index contributed by atoms with van der Waals surface area (Å²) in [6.45, 7) is 4.29. The molecule has 0 aliphatic heterocycles. The molecule has 3 saturated carbocycles. The molecule has 4 aliphatic rings. The maximum atomic E-state index is 11.8. The fourth-order valence-electron chi connectivity index (χ4n) is 7.01. The lowest BCUT2D eigenvalue weighted by atomic mass is 9.47. The minimum atomic E-state index is -2.66. The van der Waals surface area contributed by atoms with E-state index in [1.165, 1.54) is 5.57 Å². The van der Waals surface area contributed by atoms with Crippen molar-refractivity contribution in [2.45, 2.75) is 58.2 Å². The Morgan fingerprint density at radius 1 is 1.15 bits per heavy atom. The molecule has 0 unspecified atom stereocenters. The van der Waals surface area contributed by atoms with E-state index in [0.29, 0.717) is 24.2 Å². The number of hydrogen-bond donors (Lipinski definition) is 3. The summed E-state index contributed by atoms with van der Waals surface area (Å²) < 4.78 is 0. The van der Waals surface area contributed by atoms with Crippen LogP contribution >= 0.6 is 0 Å². The zero-order valence-electron chi connectivity index (χ0n) is 15.4. The van der Waals surface area contributed by atoms with Crippen molar-refractivity contribution >= 4 is 11.8 Å². The number of carboxylic acid groups (broad SMARTS) is 1. The molecule has 0 bridgehead atoms. The Morgan fingerprint density at radius 3 is 2.58 bits per heavy atom. The molecule has 3 N–H and O–H groups in total. The second-order valence-electron chi connectivity index (χ2n) is 9.31. The molecule has 0 aromatic rings. The first kappa shape index (κ1) is 17.9. The van der Waals surface area contributed by atoms with E-state index < -0.39 is 17.7 Å². The van der Waals surface area contributed by atoms with Crippen LogP contribution in [-0.4, -0.2) is 32.9 Å². The number of aliphatic hydroxyl groups is 2. The van der Waals surface area contributed by atoms with Crippen molar-refractivity contribution in [3.05, 3.63) is 23.8 Å². The quantitative estimate of drug-likeness (QED) is 0.658. The van der Waals surface area contributed by atoms with Gasteiger partial charge in [-0.25, -0.2) is 4.79 Å². The molecule has 3 fully saturated rings. The highest BCUT2D eigenvalue weighted by molar-refractivity contribution is 6.01. The van der Waals surface area contributed by atoms with Crippen LogP contribution in [0.4, 0.5) is 0 Å². The third-order valence-corrected chi connectivity index (χ3v) is 8.36. The van der Waals surface area contributed by atoms with E-state index in [9.17, 15) is 24.9 Å². The third kappa shape index (κ3) is 2.23. The molecule has 0 spiro atoms. The number of allylic oxidation sites excluding steroid dienone is 4. The lowest BCUT2D eigenvalue weighted by Gasteiger charge is -2.57. The average molecular weight is 360 g/mol. The van der Waals surface area contributed by atoms with Gasteiger partial charge in [0.05, 0.1) is 0 Å². The first-order chi connectivity index (χ1) is 12.1. The Bertz CT molecular complexity index is 720. The molecule has 0 aromatic carbocycles.